The van der Waals surface area contributed by atoms with Gasteiger partial charge in [0.15, 0.2) is 86.6 Å². The Balaban J connectivity index is -0.000000755. The summed E-state index contributed by atoms with van der Waals surface area (Å²) in [5.41, 5.74) is -0.231. The van der Waals surface area contributed by atoms with Gasteiger partial charge in [0, 0.05) is 23.7 Å². The summed E-state index contributed by atoms with van der Waals surface area (Å²) in [6.07, 6.45) is -17.8. The van der Waals surface area contributed by atoms with Gasteiger partial charge in [0.25, 0.3) is 0 Å². The van der Waals surface area contributed by atoms with E-state index in [-0.39, 0.29) is 10.8 Å². The average Bonchev–Trinajstić information content (AvgIpc) is 0.838. The number of halogens is 52. The van der Waals surface area contributed by atoms with E-state index in [4.69, 9.17) is 0 Å². The van der Waals surface area contributed by atoms with Crippen LogP contribution in [-0.2, 0) is 103 Å². The van der Waals surface area contributed by atoms with Gasteiger partial charge in [0.05, 0.1) is 0 Å². The number of alkyl halides is 52. The summed E-state index contributed by atoms with van der Waals surface area (Å²) in [4.78, 5) is 45.2. The van der Waals surface area contributed by atoms with Crippen LogP contribution in [0.1, 0.15) is 120 Å². The largest absolute Gasteiger partial charge is 0.743 e. The fourth-order valence-electron chi connectivity index (χ4n) is 8.55. The molecule has 0 amide bonds. The monoisotopic (exact) mass is 2290 g/mol. The summed E-state index contributed by atoms with van der Waals surface area (Å²) < 4.78 is 759. The van der Waals surface area contributed by atoms with Gasteiger partial charge >= 0.3 is 140 Å². The molecule has 0 aromatic heterocycles. The Bertz CT molecular complexity index is 4110. The molecule has 0 N–H and O–H groups in total. The van der Waals surface area contributed by atoms with E-state index in [0.717, 1.165) is 35.9 Å². The van der Waals surface area contributed by atoms with Crippen molar-refractivity contribution in [2.75, 3.05) is 69.0 Å². The van der Waals surface area contributed by atoms with Crippen LogP contribution in [-0.4, -0.2) is 285 Å². The van der Waals surface area contributed by atoms with Crippen molar-refractivity contribution in [3.05, 3.63) is 0 Å². The zero-order chi connectivity index (χ0) is 111. The highest BCUT2D eigenvalue weighted by Crippen LogP contribution is 2.67. The Morgan fingerprint density at radius 1 is 0.206 bits per heavy atom. The van der Waals surface area contributed by atoms with Crippen molar-refractivity contribution in [1.29, 1.82) is 0 Å². The third-order valence-corrected chi connectivity index (χ3v) is 30.5. The van der Waals surface area contributed by atoms with Gasteiger partial charge < -0.3 is 18.2 Å². The number of rotatable bonds is 30. The molecule has 4 aliphatic heterocycles. The zero-order valence-corrected chi connectivity index (χ0v) is 74.5. The maximum absolute atomic E-state index is 13.0. The van der Waals surface area contributed by atoms with Crippen molar-refractivity contribution in [2.24, 2.45) is 10.8 Å². The Morgan fingerprint density at radius 2 is 0.316 bits per heavy atom. The quantitative estimate of drug-likeness (QED) is 0.0367. The Labute approximate surface area is 743 Å². The average molecular weight is 2290 g/mol. The minimum Gasteiger partial charge on any atom is -0.743 e. The van der Waals surface area contributed by atoms with Crippen LogP contribution in [0.15, 0.2) is 0 Å². The first-order chi connectivity index (χ1) is 58.6. The number of ketones is 4. The molecule has 16 nitrogen and oxygen atoms in total. The third kappa shape index (κ3) is 29.3. The second-order valence-electron chi connectivity index (χ2n) is 29.7. The van der Waals surface area contributed by atoms with Crippen LogP contribution in [0.3, 0.4) is 0 Å². The first-order valence-electron chi connectivity index (χ1n) is 35.0. The Morgan fingerprint density at radius 3 is 0.434 bits per heavy atom. The van der Waals surface area contributed by atoms with Crippen LogP contribution in [0.25, 0.3) is 0 Å². The van der Waals surface area contributed by atoms with Crippen LogP contribution >= 0.6 is 0 Å². The smallest absolute Gasteiger partial charge is 0.460 e. The minimum absolute atomic E-state index is 0.115. The molecule has 0 saturated carbocycles. The maximum Gasteiger partial charge on any atom is 0.460 e. The van der Waals surface area contributed by atoms with Gasteiger partial charge in [-0.15, -0.1) is 0 Å². The molecule has 0 aromatic rings. The van der Waals surface area contributed by atoms with Gasteiger partial charge in [-0.2, -0.15) is 228 Å². The Hall–Kier alpha value is -3.92. The molecule has 0 bridgehead atoms. The van der Waals surface area contributed by atoms with Crippen molar-refractivity contribution >= 4 is 107 Å². The normalized spacial score (nSPS) is 17.6. The number of hydrogen-bond donors (Lipinski definition) is 0. The molecule has 4 rings (SSSR count). The summed E-state index contributed by atoms with van der Waals surface area (Å²) in [7, 11) is -29.2. The van der Waals surface area contributed by atoms with Crippen molar-refractivity contribution < 1.29 is 299 Å². The first kappa shape index (κ1) is 138. The molecular formula is C60H68F52O16S8. The SMILES string of the molecule is CC(C)(C)C(=O)C[S+]1CCCC1.CC(C)(C)C(=O)C[S+]1CCCC1.CCC(=O)C[S+]1CCCC1.CCC(=O)C[S+]1CCCC1.O=S(=O)([O-])C(F)(F)C(F)(F)C(F)(F)C(F)(F)C(F)(F)C(F)(F)C(F)(F)C(F)(F)F.O=S(=O)([O-])C(F)(F)C(F)(F)C(F)(F)C(F)(F)C(F)(F)C(F)(F)C(F)(F)C(F)(F)F.O=S(=O)([O-])C(F)(F)C(F)(F)C(F)(F)C(F)(F)F.O=S(=O)([O-])C(F)(F)C(F)(F)C(F)(F)C(F)(F)F. The van der Waals surface area contributed by atoms with Gasteiger partial charge in [-0.3, -0.25) is 19.2 Å². The highest BCUT2D eigenvalue weighted by atomic mass is 32.2. The molecule has 0 aromatic carbocycles. The lowest BCUT2D eigenvalue weighted by Gasteiger charge is -2.42. The lowest BCUT2D eigenvalue weighted by molar-refractivity contribution is -0.458. The highest BCUT2D eigenvalue weighted by Gasteiger charge is 2.98. The van der Waals surface area contributed by atoms with Gasteiger partial charge in [-0.25, -0.2) is 33.7 Å². The van der Waals surface area contributed by atoms with Crippen molar-refractivity contribution in [1.82, 2.24) is 0 Å². The molecule has 4 aliphatic rings. The topological polar surface area (TPSA) is 297 Å². The predicted octanol–water partition coefficient (Wildman–Crippen LogP) is 19.7. The maximum atomic E-state index is 13.0. The molecule has 4 heterocycles. The molecule has 0 unspecified atom stereocenters. The second-order valence-corrected chi connectivity index (χ2v) is 44.7. The van der Waals surface area contributed by atoms with Gasteiger partial charge in [0.1, 0.15) is 46.0 Å². The van der Waals surface area contributed by atoms with Crippen molar-refractivity contribution in [3.8, 4) is 0 Å². The highest BCUT2D eigenvalue weighted by molar-refractivity contribution is 7.98. The second kappa shape index (κ2) is 45.0. The standard InChI is InChI=1S/2C10H19OS.2C8HF17O3S.2C8H15OS.2C4HF9O3S/c2*1-10(2,3)9(11)8-12-6-4-5-7-12;2*9-1(10,3(13,14)5(17,18)7(21,22)23)2(11,12)4(15,16)6(19,20)8(24,25)29(26,27)28;2*1-2-8(9)7-10-5-3-4-6-10;2*5-1(6,3(9,10)11)2(7,8)4(12,13)17(14,15)16/h2*4-8H2,1-3H3;2*(H,26,27,28);2*2-7H2,1H3;2*(H,14,15,16)/q2*+1;;;2*+1;;/p-4. The lowest BCUT2D eigenvalue weighted by atomic mass is 9.91. The van der Waals surface area contributed by atoms with E-state index in [1.54, 1.807) is 0 Å². The number of hydrogen-bond acceptors (Lipinski definition) is 16. The van der Waals surface area contributed by atoms with Gasteiger partial charge in [0.2, 0.25) is 0 Å². The minimum atomic E-state index is -8.92. The van der Waals surface area contributed by atoms with Crippen LogP contribution in [0, 0.1) is 10.8 Å². The molecule has 0 aliphatic carbocycles. The fraction of sp³-hybridized carbons (Fsp3) is 0.933. The third-order valence-electron chi connectivity index (χ3n) is 17.2. The fourth-order valence-corrected chi connectivity index (χ4v) is 20.1. The first-order valence-corrected chi connectivity index (χ1v) is 47.5. The lowest BCUT2D eigenvalue weighted by Crippen LogP contribution is -2.75. The van der Waals surface area contributed by atoms with E-state index < -0.39 is 181 Å². The predicted molar refractivity (Wildman–Crippen MR) is 366 cm³/mol. The van der Waals surface area contributed by atoms with E-state index >= 15 is 0 Å². The van der Waals surface area contributed by atoms with Gasteiger partial charge in [-0.1, -0.05) is 55.4 Å². The van der Waals surface area contributed by atoms with Crippen LogP contribution in [0.2, 0.25) is 0 Å². The van der Waals surface area contributed by atoms with Crippen molar-refractivity contribution in [2.45, 2.75) is 260 Å². The molecule has 0 radical (unpaired) electrons. The molecule has 4 saturated heterocycles. The van der Waals surface area contributed by atoms with E-state index in [0.29, 0.717) is 66.7 Å². The summed E-state index contributed by atoms with van der Waals surface area (Å²) in [5, 5.41) is -30.1. The number of Topliss-reactive ketones (excluding diaryl/α,β-unsaturated/α-hetero) is 4. The molecular weight excluding hydrogens is 2220 g/mol. The van der Waals surface area contributed by atoms with E-state index in [1.807, 2.05) is 55.4 Å². The van der Waals surface area contributed by atoms with Gasteiger partial charge in [-0.05, 0) is 94.9 Å². The van der Waals surface area contributed by atoms with Crippen LogP contribution in [0.5, 0.6) is 0 Å². The Kier molecular flexibility index (Phi) is 45.7. The van der Waals surface area contributed by atoms with E-state index in [2.05, 4.69) is 0 Å². The molecule has 76 heteroatoms. The molecule has 0 spiro atoms. The van der Waals surface area contributed by atoms with Crippen molar-refractivity contribution in [3.63, 3.8) is 0 Å². The summed E-state index contributed by atoms with van der Waals surface area (Å²) in [6.45, 7) is 16.1. The van der Waals surface area contributed by atoms with Crippen LogP contribution < -0.4 is 0 Å². The van der Waals surface area contributed by atoms with Crippen LogP contribution in [0.4, 0.5) is 228 Å². The van der Waals surface area contributed by atoms with E-state index in [9.17, 15) is 299 Å². The molecule has 0 atom stereocenters. The molecule has 4 fully saturated rings. The number of carbonyl (C=O) groups is 4. The van der Waals surface area contributed by atoms with E-state index in [1.165, 1.54) is 97.4 Å². The summed E-state index contributed by atoms with van der Waals surface area (Å²) in [6, 6.07) is 0. The zero-order valence-electron chi connectivity index (χ0n) is 68.0. The molecule has 816 valence electrons. The summed E-state index contributed by atoms with van der Waals surface area (Å²) in [5.74, 6) is -118. The summed E-state index contributed by atoms with van der Waals surface area (Å²) >= 11 is 0. The number of carbonyl (C=O) groups excluding carboxylic acids is 4. The molecule has 136 heavy (non-hydrogen) atoms.